The highest BCUT2D eigenvalue weighted by Gasteiger charge is 2.10. The summed E-state index contributed by atoms with van der Waals surface area (Å²) in [5.74, 6) is -0.460. The van der Waals surface area contributed by atoms with Crippen LogP contribution in [0.3, 0.4) is 0 Å². The van der Waals surface area contributed by atoms with Crippen LogP contribution in [-0.2, 0) is 14.8 Å². The number of benzene rings is 2. The number of methoxy groups -OCH3 is 1. The molecule has 3 N–H and O–H groups in total. The van der Waals surface area contributed by atoms with Gasteiger partial charge in [0.25, 0.3) is 0 Å². The molecule has 1 heterocycles. The molecule has 3 rings (SSSR count). The van der Waals surface area contributed by atoms with Crippen molar-refractivity contribution in [1.82, 2.24) is 4.98 Å². The van der Waals surface area contributed by atoms with E-state index >= 15 is 0 Å². The first-order chi connectivity index (χ1) is 13.2. The third-order valence-electron chi connectivity index (χ3n) is 3.48. The minimum absolute atomic E-state index is 0.254. The number of aromatic nitrogens is 1. The van der Waals surface area contributed by atoms with Gasteiger partial charge in [0.05, 0.1) is 29.1 Å². The SMILES string of the molecule is COC(=O)c1ccc(NC(=O)Nc2ccc3nc(NS(C)(=O)=O)sc3c2)cc1. The Labute approximate surface area is 164 Å². The first kappa shape index (κ1) is 19.6. The van der Waals surface area contributed by atoms with E-state index in [1.165, 1.54) is 7.11 Å². The fourth-order valence-electron chi connectivity index (χ4n) is 2.31. The standard InChI is InChI=1S/C17H16N4O5S2/c1-26-15(22)10-3-5-11(6-4-10)18-16(23)19-12-7-8-13-14(9-12)27-17(20-13)21-28(2,24)25/h3-9H,1-2H3,(H,20,21)(H2,18,19,23). The Morgan fingerprint density at radius 2 is 1.68 bits per heavy atom. The van der Waals surface area contributed by atoms with Crippen LogP contribution in [0.5, 0.6) is 0 Å². The lowest BCUT2D eigenvalue weighted by atomic mass is 10.2. The van der Waals surface area contributed by atoms with E-state index < -0.39 is 22.0 Å². The predicted molar refractivity (Wildman–Crippen MR) is 109 cm³/mol. The van der Waals surface area contributed by atoms with Crippen molar-refractivity contribution in [3.05, 3.63) is 48.0 Å². The van der Waals surface area contributed by atoms with Crippen molar-refractivity contribution in [2.75, 3.05) is 28.7 Å². The highest BCUT2D eigenvalue weighted by molar-refractivity contribution is 7.92. The van der Waals surface area contributed by atoms with Crippen molar-refractivity contribution in [1.29, 1.82) is 0 Å². The number of fused-ring (bicyclic) bond motifs is 1. The van der Waals surface area contributed by atoms with Crippen molar-refractivity contribution in [2.45, 2.75) is 0 Å². The van der Waals surface area contributed by atoms with Crippen molar-refractivity contribution in [3.63, 3.8) is 0 Å². The lowest BCUT2D eigenvalue weighted by Gasteiger charge is -2.08. The molecule has 28 heavy (non-hydrogen) atoms. The maximum Gasteiger partial charge on any atom is 0.337 e. The zero-order valence-electron chi connectivity index (χ0n) is 14.8. The summed E-state index contributed by atoms with van der Waals surface area (Å²) < 4.78 is 30.3. The molecular formula is C17H16N4O5S2. The van der Waals surface area contributed by atoms with Gasteiger partial charge < -0.3 is 15.4 Å². The van der Waals surface area contributed by atoms with Gasteiger partial charge in [0.15, 0.2) is 5.13 Å². The third kappa shape index (κ3) is 4.96. The maximum absolute atomic E-state index is 12.2. The molecule has 0 radical (unpaired) electrons. The molecular weight excluding hydrogens is 404 g/mol. The van der Waals surface area contributed by atoms with Gasteiger partial charge in [0, 0.05) is 11.4 Å². The van der Waals surface area contributed by atoms with Crippen molar-refractivity contribution in [3.8, 4) is 0 Å². The number of nitrogens with one attached hydrogen (secondary N) is 3. The fourth-order valence-corrected chi connectivity index (χ4v) is 4.05. The minimum atomic E-state index is -3.41. The molecule has 0 saturated carbocycles. The zero-order valence-corrected chi connectivity index (χ0v) is 16.5. The van der Waals surface area contributed by atoms with Crippen molar-refractivity contribution in [2.24, 2.45) is 0 Å². The predicted octanol–water partition coefficient (Wildman–Crippen LogP) is 3.10. The molecule has 2 amide bonds. The molecule has 0 aliphatic rings. The van der Waals surface area contributed by atoms with Gasteiger partial charge in [-0.2, -0.15) is 0 Å². The van der Waals surface area contributed by atoms with Crippen LogP contribution in [0.25, 0.3) is 10.2 Å². The van der Waals surface area contributed by atoms with Gasteiger partial charge in [0.1, 0.15) is 0 Å². The number of esters is 1. The number of hydrogen-bond donors (Lipinski definition) is 3. The van der Waals surface area contributed by atoms with Crippen molar-refractivity contribution >= 4 is 60.1 Å². The van der Waals surface area contributed by atoms with E-state index in [9.17, 15) is 18.0 Å². The van der Waals surface area contributed by atoms with Crippen LogP contribution in [0.15, 0.2) is 42.5 Å². The lowest BCUT2D eigenvalue weighted by molar-refractivity contribution is 0.0600. The van der Waals surface area contributed by atoms with E-state index in [1.807, 2.05) is 0 Å². The summed E-state index contributed by atoms with van der Waals surface area (Å²) in [6.07, 6.45) is 1.05. The van der Waals surface area contributed by atoms with Crippen molar-refractivity contribution < 1.29 is 22.7 Å². The molecule has 0 aliphatic carbocycles. The number of carbonyl (C=O) groups excluding carboxylic acids is 2. The zero-order chi connectivity index (χ0) is 20.3. The van der Waals surface area contributed by atoms with Crippen LogP contribution in [0, 0.1) is 0 Å². The lowest BCUT2D eigenvalue weighted by Crippen LogP contribution is -2.19. The smallest absolute Gasteiger partial charge is 0.337 e. The van der Waals surface area contributed by atoms with Gasteiger partial charge >= 0.3 is 12.0 Å². The molecule has 0 bridgehead atoms. The molecule has 2 aromatic carbocycles. The Bertz CT molecular complexity index is 1140. The molecule has 146 valence electrons. The molecule has 0 aliphatic heterocycles. The van der Waals surface area contributed by atoms with E-state index in [4.69, 9.17) is 0 Å². The van der Waals surface area contributed by atoms with Gasteiger partial charge in [-0.15, -0.1) is 0 Å². The number of anilines is 3. The molecule has 1 aromatic heterocycles. The van der Waals surface area contributed by atoms with E-state index in [0.717, 1.165) is 17.6 Å². The molecule has 0 spiro atoms. The van der Waals surface area contributed by atoms with Crippen LogP contribution < -0.4 is 15.4 Å². The molecule has 0 saturated heterocycles. The number of urea groups is 1. The van der Waals surface area contributed by atoms with Crippen LogP contribution in [0.2, 0.25) is 0 Å². The summed E-state index contributed by atoms with van der Waals surface area (Å²) in [6.45, 7) is 0. The molecule has 3 aromatic rings. The monoisotopic (exact) mass is 420 g/mol. The second-order valence-corrected chi connectivity index (χ2v) is 8.50. The third-order valence-corrected chi connectivity index (χ3v) is 5.11. The molecule has 0 fully saturated rings. The summed E-state index contributed by atoms with van der Waals surface area (Å²) >= 11 is 1.16. The molecule has 11 heteroatoms. The molecule has 0 unspecified atom stereocenters. The average molecular weight is 420 g/mol. The summed E-state index contributed by atoms with van der Waals surface area (Å²) in [5.41, 5.74) is 2.01. The summed E-state index contributed by atoms with van der Waals surface area (Å²) in [7, 11) is -2.12. The number of rotatable bonds is 5. The highest BCUT2D eigenvalue weighted by Crippen LogP contribution is 2.29. The maximum atomic E-state index is 12.2. The fraction of sp³-hybridized carbons (Fsp3) is 0.118. The highest BCUT2D eigenvalue weighted by atomic mass is 32.2. The Morgan fingerprint density at radius 3 is 2.32 bits per heavy atom. The number of amides is 2. The van der Waals surface area contributed by atoms with E-state index in [1.54, 1.807) is 42.5 Å². The summed E-state index contributed by atoms with van der Waals surface area (Å²) in [5, 5.41) is 5.59. The number of thiazole rings is 1. The van der Waals surface area contributed by atoms with Crippen LogP contribution in [-0.4, -0.2) is 38.8 Å². The first-order valence-corrected chi connectivity index (χ1v) is 10.6. The summed E-state index contributed by atoms with van der Waals surface area (Å²) in [6, 6.07) is 10.8. The van der Waals surface area contributed by atoms with Gasteiger partial charge in [0.2, 0.25) is 10.0 Å². The quantitative estimate of drug-likeness (QED) is 0.545. The Morgan fingerprint density at radius 1 is 1.04 bits per heavy atom. The topological polar surface area (TPSA) is 126 Å². The van der Waals surface area contributed by atoms with Gasteiger partial charge in [-0.25, -0.2) is 23.0 Å². The number of nitrogens with zero attached hydrogens (tertiary/aromatic N) is 1. The van der Waals surface area contributed by atoms with Crippen LogP contribution >= 0.6 is 11.3 Å². The summed E-state index contributed by atoms with van der Waals surface area (Å²) in [4.78, 5) is 27.8. The Kier molecular flexibility index (Phi) is 5.47. The largest absolute Gasteiger partial charge is 0.465 e. The van der Waals surface area contributed by atoms with Gasteiger partial charge in [-0.1, -0.05) is 11.3 Å². The number of ether oxygens (including phenoxy) is 1. The second-order valence-electron chi connectivity index (χ2n) is 5.72. The van der Waals surface area contributed by atoms with E-state index in [0.29, 0.717) is 27.2 Å². The Balaban J connectivity index is 1.68. The number of hydrogen-bond acceptors (Lipinski definition) is 7. The first-order valence-electron chi connectivity index (χ1n) is 7.88. The Hall–Kier alpha value is -3.18. The molecule has 0 atom stereocenters. The van der Waals surface area contributed by atoms with E-state index in [2.05, 4.69) is 25.1 Å². The second kappa shape index (κ2) is 7.82. The van der Waals surface area contributed by atoms with E-state index in [-0.39, 0.29) is 5.13 Å². The minimum Gasteiger partial charge on any atom is -0.465 e. The average Bonchev–Trinajstić information content (AvgIpc) is 3.01. The number of carbonyl (C=O) groups is 2. The van der Waals surface area contributed by atoms with Gasteiger partial charge in [-0.05, 0) is 42.5 Å². The van der Waals surface area contributed by atoms with Crippen LogP contribution in [0.4, 0.5) is 21.3 Å². The van der Waals surface area contributed by atoms with Gasteiger partial charge in [-0.3, -0.25) is 4.72 Å². The van der Waals surface area contributed by atoms with Crippen LogP contribution in [0.1, 0.15) is 10.4 Å². The molecule has 9 nitrogen and oxygen atoms in total. The normalized spacial score (nSPS) is 11.1. The number of sulfonamides is 1.